The Hall–Kier alpha value is -2.44. The zero-order valence-electron chi connectivity index (χ0n) is 15.9. The molecule has 1 aliphatic rings. The molecule has 1 aliphatic heterocycles. The molecule has 0 saturated carbocycles. The van der Waals surface area contributed by atoms with E-state index in [-0.39, 0.29) is 0 Å². The van der Waals surface area contributed by atoms with Gasteiger partial charge in [0.05, 0.1) is 17.7 Å². The van der Waals surface area contributed by atoms with Gasteiger partial charge in [-0.1, -0.05) is 24.6 Å². The molecule has 0 N–H and O–H groups in total. The maximum Gasteiger partial charge on any atom is 0.231 e. The number of imidazole rings is 1. The lowest BCUT2D eigenvalue weighted by molar-refractivity contribution is 0.202. The number of nitrogens with zero attached hydrogens (tertiary/aromatic N) is 4. The highest BCUT2D eigenvalue weighted by molar-refractivity contribution is 7.22. The van der Waals surface area contributed by atoms with E-state index in [4.69, 9.17) is 9.84 Å². The van der Waals surface area contributed by atoms with E-state index in [2.05, 4.69) is 40.2 Å². The second-order valence-corrected chi connectivity index (χ2v) is 8.42. The predicted molar refractivity (Wildman–Crippen MR) is 114 cm³/mol. The second kappa shape index (κ2) is 7.89. The van der Waals surface area contributed by atoms with Gasteiger partial charge in [-0.25, -0.2) is 9.50 Å². The minimum absolute atomic E-state index is 0.659. The summed E-state index contributed by atoms with van der Waals surface area (Å²) in [7, 11) is 0. The van der Waals surface area contributed by atoms with Gasteiger partial charge in [0.25, 0.3) is 0 Å². The molecule has 1 saturated heterocycles. The molecule has 0 bridgehead atoms. The first-order valence-corrected chi connectivity index (χ1v) is 10.9. The third-order valence-corrected chi connectivity index (χ3v) is 6.47. The first-order valence-electron chi connectivity index (χ1n) is 10.1. The van der Waals surface area contributed by atoms with Gasteiger partial charge in [0, 0.05) is 17.3 Å². The van der Waals surface area contributed by atoms with E-state index in [0.29, 0.717) is 12.5 Å². The Bertz CT molecular complexity index is 1050. The lowest BCUT2D eigenvalue weighted by Gasteiger charge is -2.26. The Labute approximate surface area is 168 Å². The molecular formula is C22H24N4OS. The van der Waals surface area contributed by atoms with Crippen LogP contribution in [0.25, 0.3) is 26.3 Å². The molecule has 1 aromatic carbocycles. The van der Waals surface area contributed by atoms with Crippen LogP contribution in [0.1, 0.15) is 25.7 Å². The van der Waals surface area contributed by atoms with Gasteiger partial charge in [0.15, 0.2) is 5.65 Å². The highest BCUT2D eigenvalue weighted by Gasteiger charge is 2.12. The molecule has 6 heteroatoms. The molecule has 5 rings (SSSR count). The van der Waals surface area contributed by atoms with Gasteiger partial charge < -0.3 is 9.64 Å². The molecule has 0 unspecified atom stereocenters. The first-order chi connectivity index (χ1) is 13.9. The first kappa shape index (κ1) is 17.6. The summed E-state index contributed by atoms with van der Waals surface area (Å²) in [5, 5.41) is 5.94. The number of likely N-dealkylation sites (tertiary alicyclic amines) is 1. The second-order valence-electron chi connectivity index (χ2n) is 7.34. The van der Waals surface area contributed by atoms with Gasteiger partial charge in [-0.3, -0.25) is 0 Å². The maximum absolute atomic E-state index is 5.94. The lowest BCUT2D eigenvalue weighted by Crippen LogP contribution is -2.31. The van der Waals surface area contributed by atoms with Crippen LogP contribution in [0.3, 0.4) is 0 Å². The van der Waals surface area contributed by atoms with Crippen molar-refractivity contribution in [2.75, 3.05) is 26.2 Å². The van der Waals surface area contributed by atoms with Crippen LogP contribution in [0, 0.1) is 0 Å². The van der Waals surface area contributed by atoms with E-state index < -0.39 is 0 Å². The molecule has 0 spiro atoms. The van der Waals surface area contributed by atoms with Gasteiger partial charge in [-0.05, 0) is 55.9 Å². The summed E-state index contributed by atoms with van der Waals surface area (Å²) in [5.41, 5.74) is 1.85. The van der Waals surface area contributed by atoms with Crippen molar-refractivity contribution in [2.24, 2.45) is 0 Å². The fourth-order valence-electron chi connectivity index (χ4n) is 3.86. The minimum Gasteiger partial charge on any atom is -0.477 e. The van der Waals surface area contributed by atoms with Crippen molar-refractivity contribution in [1.82, 2.24) is 19.5 Å². The summed E-state index contributed by atoms with van der Waals surface area (Å²) >= 11 is 1.77. The number of aromatic nitrogens is 3. The number of hydrogen-bond acceptors (Lipinski definition) is 5. The molecule has 3 aromatic heterocycles. The van der Waals surface area contributed by atoms with Crippen LogP contribution < -0.4 is 4.74 Å². The van der Waals surface area contributed by atoms with Crippen LogP contribution in [0.4, 0.5) is 0 Å². The summed E-state index contributed by atoms with van der Waals surface area (Å²) < 4.78 is 9.11. The van der Waals surface area contributed by atoms with Crippen LogP contribution in [-0.2, 0) is 0 Å². The van der Waals surface area contributed by atoms with Crippen LogP contribution in [0.5, 0.6) is 5.88 Å². The fraction of sp³-hybridized carbons (Fsp3) is 0.364. The van der Waals surface area contributed by atoms with Crippen molar-refractivity contribution in [3.05, 3.63) is 48.7 Å². The maximum atomic E-state index is 5.94. The standard InChI is InChI=1S/C22H24N4OS/c1-4-11-25(12-5-1)13-6-14-27-22-10-9-21-23-16-18(26(21)24-22)20-15-17-7-2-3-8-19(17)28-20/h2-3,7-10,15-16H,1,4-6,11-14H2. The van der Waals surface area contributed by atoms with Crippen molar-refractivity contribution < 1.29 is 4.74 Å². The topological polar surface area (TPSA) is 42.7 Å². The lowest BCUT2D eigenvalue weighted by atomic mass is 10.1. The van der Waals surface area contributed by atoms with Crippen LogP contribution in [-0.4, -0.2) is 45.7 Å². The highest BCUT2D eigenvalue weighted by Crippen LogP contribution is 2.33. The van der Waals surface area contributed by atoms with Gasteiger partial charge >= 0.3 is 0 Å². The minimum atomic E-state index is 0.659. The molecule has 1 fully saturated rings. The van der Waals surface area contributed by atoms with E-state index in [9.17, 15) is 0 Å². The SMILES string of the molecule is c1ccc2sc(-c3cnc4ccc(OCCCN5CCCCC5)nn34)cc2c1. The zero-order chi connectivity index (χ0) is 18.8. The quantitative estimate of drug-likeness (QED) is 0.439. The molecule has 28 heavy (non-hydrogen) atoms. The number of benzene rings is 1. The Balaban J connectivity index is 1.30. The summed E-state index contributed by atoms with van der Waals surface area (Å²) in [6, 6.07) is 14.5. The number of piperidine rings is 1. The van der Waals surface area contributed by atoms with Gasteiger partial charge in [0.1, 0.15) is 5.69 Å². The Morgan fingerprint density at radius 2 is 1.93 bits per heavy atom. The van der Waals surface area contributed by atoms with Crippen LogP contribution in [0.15, 0.2) is 48.7 Å². The van der Waals surface area contributed by atoms with Crippen molar-refractivity contribution in [3.63, 3.8) is 0 Å². The molecule has 0 amide bonds. The third-order valence-electron chi connectivity index (χ3n) is 5.33. The average molecular weight is 393 g/mol. The van der Waals surface area contributed by atoms with E-state index in [1.807, 2.05) is 22.8 Å². The highest BCUT2D eigenvalue weighted by atomic mass is 32.1. The number of ether oxygens (including phenoxy) is 1. The van der Waals surface area contributed by atoms with E-state index >= 15 is 0 Å². The van der Waals surface area contributed by atoms with Crippen LogP contribution >= 0.6 is 11.3 Å². The number of fused-ring (bicyclic) bond motifs is 2. The number of thiophene rings is 1. The number of rotatable bonds is 6. The Morgan fingerprint density at radius 3 is 2.82 bits per heavy atom. The van der Waals surface area contributed by atoms with Crippen LogP contribution in [0.2, 0.25) is 0 Å². The molecule has 0 atom stereocenters. The third kappa shape index (κ3) is 3.62. The predicted octanol–water partition coefficient (Wildman–Crippen LogP) is 4.87. The van der Waals surface area contributed by atoms with Gasteiger partial charge in [-0.15, -0.1) is 16.4 Å². The van der Waals surface area contributed by atoms with Gasteiger partial charge in [-0.2, -0.15) is 0 Å². The van der Waals surface area contributed by atoms with Crippen molar-refractivity contribution >= 4 is 27.1 Å². The summed E-state index contributed by atoms with van der Waals surface area (Å²) in [6.45, 7) is 4.28. The van der Waals surface area contributed by atoms with E-state index in [0.717, 1.165) is 24.3 Å². The summed E-state index contributed by atoms with van der Waals surface area (Å²) in [5.74, 6) is 0.659. The largest absolute Gasteiger partial charge is 0.477 e. The molecule has 4 aromatic rings. The molecule has 5 nitrogen and oxygen atoms in total. The molecule has 0 radical (unpaired) electrons. The number of hydrogen-bond donors (Lipinski definition) is 0. The van der Waals surface area contributed by atoms with E-state index in [1.54, 1.807) is 11.3 Å². The summed E-state index contributed by atoms with van der Waals surface area (Å²) in [6.07, 6.45) is 6.98. The molecule has 4 heterocycles. The molecular weight excluding hydrogens is 368 g/mol. The molecule has 144 valence electrons. The zero-order valence-corrected chi connectivity index (χ0v) is 16.7. The summed E-state index contributed by atoms with van der Waals surface area (Å²) in [4.78, 5) is 8.22. The molecule has 0 aliphatic carbocycles. The van der Waals surface area contributed by atoms with E-state index in [1.165, 1.54) is 47.3 Å². The smallest absolute Gasteiger partial charge is 0.231 e. The van der Waals surface area contributed by atoms with Gasteiger partial charge in [0.2, 0.25) is 5.88 Å². The fourth-order valence-corrected chi connectivity index (χ4v) is 4.92. The Kier molecular flexibility index (Phi) is 4.97. The van der Waals surface area contributed by atoms with Crippen molar-refractivity contribution in [2.45, 2.75) is 25.7 Å². The Morgan fingerprint density at radius 1 is 1.04 bits per heavy atom. The monoisotopic (exact) mass is 392 g/mol. The normalized spacial score (nSPS) is 15.4. The van der Waals surface area contributed by atoms with Crippen molar-refractivity contribution in [1.29, 1.82) is 0 Å². The average Bonchev–Trinajstić information content (AvgIpc) is 3.35. The van der Waals surface area contributed by atoms with Crippen molar-refractivity contribution in [3.8, 4) is 16.5 Å².